The first-order valence-corrected chi connectivity index (χ1v) is 6.92. The molecule has 0 saturated heterocycles. The van der Waals surface area contributed by atoms with Gasteiger partial charge in [0.15, 0.2) is 0 Å². The SMILES string of the molecule is CC(CC(=O)CCc1ccccc1)CC(C)(C)C. The molecule has 0 heterocycles. The predicted molar refractivity (Wildman–Crippen MR) is 77.6 cm³/mol. The number of rotatable bonds is 6. The van der Waals surface area contributed by atoms with Crippen molar-refractivity contribution in [3.8, 4) is 0 Å². The van der Waals surface area contributed by atoms with Gasteiger partial charge in [-0.1, -0.05) is 58.0 Å². The van der Waals surface area contributed by atoms with E-state index in [4.69, 9.17) is 0 Å². The van der Waals surface area contributed by atoms with Crippen molar-refractivity contribution in [1.29, 1.82) is 0 Å². The van der Waals surface area contributed by atoms with Crippen molar-refractivity contribution in [2.45, 2.75) is 53.4 Å². The van der Waals surface area contributed by atoms with Crippen LogP contribution in [0.1, 0.15) is 52.5 Å². The topological polar surface area (TPSA) is 17.1 Å². The molecule has 1 nitrogen and oxygen atoms in total. The molecule has 0 spiro atoms. The van der Waals surface area contributed by atoms with Crippen molar-refractivity contribution < 1.29 is 4.79 Å². The van der Waals surface area contributed by atoms with Gasteiger partial charge in [0.2, 0.25) is 0 Å². The van der Waals surface area contributed by atoms with Crippen LogP contribution in [0.4, 0.5) is 0 Å². The Labute approximate surface area is 112 Å². The van der Waals surface area contributed by atoms with Crippen molar-refractivity contribution >= 4 is 5.78 Å². The van der Waals surface area contributed by atoms with Gasteiger partial charge in [-0.15, -0.1) is 0 Å². The molecule has 1 unspecified atom stereocenters. The maximum Gasteiger partial charge on any atom is 0.133 e. The third-order valence-electron chi connectivity index (χ3n) is 3.07. The minimum atomic E-state index is 0.319. The number of hydrogen-bond acceptors (Lipinski definition) is 1. The molecular weight excluding hydrogens is 220 g/mol. The average Bonchev–Trinajstić information content (AvgIpc) is 2.25. The summed E-state index contributed by atoms with van der Waals surface area (Å²) in [6, 6.07) is 10.2. The van der Waals surface area contributed by atoms with E-state index in [0.717, 1.165) is 19.3 Å². The van der Waals surface area contributed by atoms with Crippen LogP contribution < -0.4 is 0 Å². The standard InChI is InChI=1S/C17H26O/c1-14(13-17(2,3)4)12-16(18)11-10-15-8-6-5-7-9-15/h5-9,14H,10-13H2,1-4H3. The molecule has 0 aliphatic heterocycles. The number of carbonyl (C=O) groups is 1. The Balaban J connectivity index is 2.30. The van der Waals surface area contributed by atoms with E-state index in [2.05, 4.69) is 39.8 Å². The first-order valence-electron chi connectivity index (χ1n) is 6.92. The second-order valence-electron chi connectivity index (χ2n) is 6.60. The molecule has 0 N–H and O–H groups in total. The van der Waals surface area contributed by atoms with E-state index >= 15 is 0 Å². The van der Waals surface area contributed by atoms with Crippen LogP contribution in [0.3, 0.4) is 0 Å². The highest BCUT2D eigenvalue weighted by Crippen LogP contribution is 2.26. The van der Waals surface area contributed by atoms with Gasteiger partial charge >= 0.3 is 0 Å². The number of ketones is 1. The lowest BCUT2D eigenvalue weighted by atomic mass is 9.83. The zero-order valence-corrected chi connectivity index (χ0v) is 12.2. The molecule has 1 rings (SSSR count). The number of Topliss-reactive ketones (excluding diaryl/α,β-unsaturated/α-hetero) is 1. The molecule has 0 bridgehead atoms. The number of aryl methyl sites for hydroxylation is 1. The first kappa shape index (κ1) is 14.9. The summed E-state index contributed by atoms with van der Waals surface area (Å²) >= 11 is 0. The lowest BCUT2D eigenvalue weighted by Gasteiger charge is -2.22. The number of carbonyl (C=O) groups excluding carboxylic acids is 1. The molecule has 18 heavy (non-hydrogen) atoms. The van der Waals surface area contributed by atoms with E-state index in [0.29, 0.717) is 23.5 Å². The van der Waals surface area contributed by atoms with E-state index in [1.807, 2.05) is 18.2 Å². The summed E-state index contributed by atoms with van der Waals surface area (Å²) in [5.74, 6) is 0.892. The monoisotopic (exact) mass is 246 g/mol. The molecule has 1 heteroatoms. The van der Waals surface area contributed by atoms with Crippen LogP contribution >= 0.6 is 0 Å². The Bertz CT molecular complexity index is 359. The van der Waals surface area contributed by atoms with Crippen molar-refractivity contribution in [1.82, 2.24) is 0 Å². The fourth-order valence-electron chi connectivity index (χ4n) is 2.54. The van der Waals surface area contributed by atoms with Crippen molar-refractivity contribution in [3.05, 3.63) is 35.9 Å². The molecule has 0 fully saturated rings. The molecular formula is C17H26O. The smallest absolute Gasteiger partial charge is 0.133 e. The maximum atomic E-state index is 11.9. The Morgan fingerprint density at radius 3 is 2.33 bits per heavy atom. The molecule has 0 amide bonds. The van der Waals surface area contributed by atoms with Gasteiger partial charge < -0.3 is 0 Å². The summed E-state index contributed by atoms with van der Waals surface area (Å²) < 4.78 is 0. The van der Waals surface area contributed by atoms with Gasteiger partial charge in [0, 0.05) is 12.8 Å². The van der Waals surface area contributed by atoms with Gasteiger partial charge in [0.05, 0.1) is 0 Å². The fraction of sp³-hybridized carbons (Fsp3) is 0.588. The van der Waals surface area contributed by atoms with Crippen molar-refractivity contribution in [3.63, 3.8) is 0 Å². The molecule has 0 aromatic heterocycles. The van der Waals surface area contributed by atoms with Gasteiger partial charge in [-0.3, -0.25) is 4.79 Å². The molecule has 100 valence electrons. The molecule has 1 aromatic rings. The Morgan fingerprint density at radius 1 is 1.17 bits per heavy atom. The average molecular weight is 246 g/mol. The maximum absolute atomic E-state index is 11.9. The Hall–Kier alpha value is -1.11. The molecule has 0 saturated carbocycles. The van der Waals surface area contributed by atoms with E-state index in [1.165, 1.54) is 5.56 Å². The minimum Gasteiger partial charge on any atom is -0.300 e. The fourth-order valence-corrected chi connectivity index (χ4v) is 2.54. The van der Waals surface area contributed by atoms with Gasteiger partial charge in [0.1, 0.15) is 5.78 Å². The van der Waals surface area contributed by atoms with Crippen LogP contribution in [0, 0.1) is 11.3 Å². The van der Waals surface area contributed by atoms with Crippen LogP contribution in [0.2, 0.25) is 0 Å². The lowest BCUT2D eigenvalue weighted by molar-refractivity contribution is -0.120. The molecule has 0 aliphatic carbocycles. The molecule has 1 aromatic carbocycles. The van der Waals surface area contributed by atoms with E-state index < -0.39 is 0 Å². The third kappa shape index (κ3) is 6.58. The minimum absolute atomic E-state index is 0.319. The van der Waals surface area contributed by atoms with Crippen LogP contribution in [0.15, 0.2) is 30.3 Å². The summed E-state index contributed by atoms with van der Waals surface area (Å²) in [5, 5.41) is 0. The highest BCUT2D eigenvalue weighted by molar-refractivity contribution is 5.78. The summed E-state index contributed by atoms with van der Waals surface area (Å²) in [5.41, 5.74) is 1.58. The zero-order valence-electron chi connectivity index (χ0n) is 12.2. The lowest BCUT2D eigenvalue weighted by Crippen LogP contribution is -2.14. The van der Waals surface area contributed by atoms with Crippen LogP contribution in [-0.4, -0.2) is 5.78 Å². The van der Waals surface area contributed by atoms with Gasteiger partial charge in [-0.2, -0.15) is 0 Å². The van der Waals surface area contributed by atoms with Gasteiger partial charge in [-0.05, 0) is 29.7 Å². The molecule has 1 atom stereocenters. The molecule has 0 aliphatic rings. The second-order valence-corrected chi connectivity index (χ2v) is 6.60. The van der Waals surface area contributed by atoms with Crippen LogP contribution in [0.5, 0.6) is 0 Å². The number of hydrogen-bond donors (Lipinski definition) is 0. The van der Waals surface area contributed by atoms with E-state index in [1.54, 1.807) is 0 Å². The quantitative estimate of drug-likeness (QED) is 0.714. The third-order valence-corrected chi connectivity index (χ3v) is 3.07. The van der Waals surface area contributed by atoms with Crippen LogP contribution in [0.25, 0.3) is 0 Å². The normalized spacial score (nSPS) is 13.3. The predicted octanol–water partition coefficient (Wildman–Crippen LogP) is 4.65. The summed E-state index contributed by atoms with van der Waals surface area (Å²) in [6.45, 7) is 8.89. The summed E-state index contributed by atoms with van der Waals surface area (Å²) in [4.78, 5) is 11.9. The summed E-state index contributed by atoms with van der Waals surface area (Å²) in [6.07, 6.45) is 3.40. The highest BCUT2D eigenvalue weighted by Gasteiger charge is 2.17. The second kappa shape index (κ2) is 6.72. The van der Waals surface area contributed by atoms with Gasteiger partial charge in [-0.25, -0.2) is 0 Å². The Morgan fingerprint density at radius 2 is 1.78 bits per heavy atom. The number of benzene rings is 1. The highest BCUT2D eigenvalue weighted by atomic mass is 16.1. The largest absolute Gasteiger partial charge is 0.300 e. The zero-order chi connectivity index (χ0) is 13.6. The first-order chi connectivity index (χ1) is 8.37. The van der Waals surface area contributed by atoms with E-state index in [-0.39, 0.29) is 0 Å². The Kier molecular flexibility index (Phi) is 5.58. The van der Waals surface area contributed by atoms with Gasteiger partial charge in [0.25, 0.3) is 0 Å². The van der Waals surface area contributed by atoms with Crippen LogP contribution in [-0.2, 0) is 11.2 Å². The van der Waals surface area contributed by atoms with Crippen molar-refractivity contribution in [2.75, 3.05) is 0 Å². The van der Waals surface area contributed by atoms with E-state index in [9.17, 15) is 4.79 Å². The molecule has 0 radical (unpaired) electrons. The summed E-state index contributed by atoms with van der Waals surface area (Å²) in [7, 11) is 0. The van der Waals surface area contributed by atoms with Crippen molar-refractivity contribution in [2.24, 2.45) is 11.3 Å².